The molecule has 0 spiro atoms. The summed E-state index contributed by atoms with van der Waals surface area (Å²) < 4.78 is 4.71. The lowest BCUT2D eigenvalue weighted by molar-refractivity contribution is -0.141. The third kappa shape index (κ3) is 3.00. The first-order valence-corrected chi connectivity index (χ1v) is 7.47. The van der Waals surface area contributed by atoms with Crippen LogP contribution in [0.15, 0.2) is 48.5 Å². The Morgan fingerprint density at radius 1 is 1.26 bits per heavy atom. The first kappa shape index (κ1) is 15.4. The average molecular weight is 331 g/mol. The van der Waals surface area contributed by atoms with E-state index < -0.39 is 12.0 Å². The summed E-state index contributed by atoms with van der Waals surface area (Å²) in [5, 5.41) is 3.36. The van der Waals surface area contributed by atoms with E-state index >= 15 is 0 Å². The Bertz CT molecular complexity index is 749. The van der Waals surface area contributed by atoms with Crippen molar-refractivity contribution in [2.24, 2.45) is 0 Å². The summed E-state index contributed by atoms with van der Waals surface area (Å²) in [4.78, 5) is 25.6. The third-order valence-electron chi connectivity index (χ3n) is 3.76. The van der Waals surface area contributed by atoms with Crippen molar-refractivity contribution in [3.63, 3.8) is 0 Å². The van der Waals surface area contributed by atoms with Crippen molar-refractivity contribution in [1.82, 2.24) is 4.90 Å². The van der Waals surface area contributed by atoms with Gasteiger partial charge in [0.1, 0.15) is 6.54 Å². The molecule has 0 fully saturated rings. The molecular formula is C17H15ClN2O3. The molecule has 2 aromatic carbocycles. The van der Waals surface area contributed by atoms with Gasteiger partial charge in [-0.1, -0.05) is 41.9 Å². The highest BCUT2D eigenvalue weighted by atomic mass is 35.5. The van der Waals surface area contributed by atoms with Gasteiger partial charge in [0, 0.05) is 16.3 Å². The molecule has 0 aromatic heterocycles. The second-order valence-electron chi connectivity index (χ2n) is 5.18. The lowest BCUT2D eigenvalue weighted by atomic mass is 9.94. The Balaban J connectivity index is 2.12. The normalized spacial score (nSPS) is 16.5. The summed E-state index contributed by atoms with van der Waals surface area (Å²) in [6, 6.07) is 14.0. The first-order chi connectivity index (χ1) is 11.1. The van der Waals surface area contributed by atoms with Gasteiger partial charge in [0.05, 0.1) is 13.2 Å². The number of fused-ring (bicyclic) bond motifs is 1. The summed E-state index contributed by atoms with van der Waals surface area (Å²) in [6.07, 6.45) is 0. The molecule has 6 heteroatoms. The Morgan fingerprint density at radius 3 is 2.70 bits per heavy atom. The average Bonchev–Trinajstić information content (AvgIpc) is 2.56. The summed E-state index contributed by atoms with van der Waals surface area (Å²) in [5.74, 6) is -0.480. The van der Waals surface area contributed by atoms with Gasteiger partial charge in [-0.2, -0.15) is 0 Å². The molecule has 1 atom stereocenters. The summed E-state index contributed by atoms with van der Waals surface area (Å²) in [7, 11) is 1.30. The van der Waals surface area contributed by atoms with Crippen molar-refractivity contribution < 1.29 is 14.3 Å². The minimum atomic E-state index is -0.480. The first-order valence-electron chi connectivity index (χ1n) is 7.09. The van der Waals surface area contributed by atoms with Crippen LogP contribution in [0.1, 0.15) is 17.2 Å². The van der Waals surface area contributed by atoms with E-state index in [-0.39, 0.29) is 12.6 Å². The molecule has 5 nitrogen and oxygen atoms in total. The topological polar surface area (TPSA) is 58.6 Å². The molecule has 1 N–H and O–H groups in total. The van der Waals surface area contributed by atoms with E-state index in [1.165, 1.54) is 12.0 Å². The number of carbonyl (C=O) groups is 2. The van der Waals surface area contributed by atoms with Crippen LogP contribution in [0, 0.1) is 0 Å². The number of ether oxygens (including phenoxy) is 1. The summed E-state index contributed by atoms with van der Waals surface area (Å²) in [5.41, 5.74) is 2.43. The van der Waals surface area contributed by atoms with Gasteiger partial charge in [-0.25, -0.2) is 4.79 Å². The highest BCUT2D eigenvalue weighted by molar-refractivity contribution is 6.30. The largest absolute Gasteiger partial charge is 0.468 e. The fraction of sp³-hybridized carbons (Fsp3) is 0.176. The van der Waals surface area contributed by atoms with Crippen LogP contribution in [0.5, 0.6) is 0 Å². The molecule has 118 valence electrons. The molecule has 0 aliphatic carbocycles. The Morgan fingerprint density at radius 2 is 2.00 bits per heavy atom. The molecule has 1 aliphatic rings. The van der Waals surface area contributed by atoms with Crippen molar-refractivity contribution in [3.8, 4) is 0 Å². The number of nitrogens with one attached hydrogen (secondary N) is 1. The Labute approximate surface area is 138 Å². The fourth-order valence-corrected chi connectivity index (χ4v) is 2.89. The maximum atomic E-state index is 12.5. The van der Waals surface area contributed by atoms with Crippen LogP contribution in [0.3, 0.4) is 0 Å². The van der Waals surface area contributed by atoms with Gasteiger partial charge in [-0.05, 0) is 23.8 Å². The van der Waals surface area contributed by atoms with Gasteiger partial charge in [0.15, 0.2) is 0 Å². The molecule has 0 saturated heterocycles. The molecule has 0 bridgehead atoms. The van der Waals surface area contributed by atoms with Crippen LogP contribution in [0.25, 0.3) is 0 Å². The number of anilines is 1. The molecular weight excluding hydrogens is 316 g/mol. The van der Waals surface area contributed by atoms with Crippen LogP contribution in [-0.2, 0) is 9.53 Å². The van der Waals surface area contributed by atoms with Gasteiger partial charge < -0.3 is 15.0 Å². The van der Waals surface area contributed by atoms with Crippen LogP contribution in [0.4, 0.5) is 10.5 Å². The van der Waals surface area contributed by atoms with Crippen molar-refractivity contribution in [2.75, 3.05) is 19.0 Å². The lowest BCUT2D eigenvalue weighted by Gasteiger charge is -2.37. The van der Waals surface area contributed by atoms with Crippen molar-refractivity contribution in [2.45, 2.75) is 6.04 Å². The molecule has 23 heavy (non-hydrogen) atoms. The number of urea groups is 1. The molecule has 0 radical (unpaired) electrons. The number of methoxy groups -OCH3 is 1. The van der Waals surface area contributed by atoms with E-state index in [0.717, 1.165) is 11.1 Å². The van der Waals surface area contributed by atoms with Crippen molar-refractivity contribution >= 4 is 29.3 Å². The molecule has 0 saturated carbocycles. The van der Waals surface area contributed by atoms with Gasteiger partial charge in [0.25, 0.3) is 0 Å². The van der Waals surface area contributed by atoms with Crippen molar-refractivity contribution in [1.29, 1.82) is 0 Å². The van der Waals surface area contributed by atoms with E-state index in [2.05, 4.69) is 5.32 Å². The number of carbonyl (C=O) groups excluding carboxylic acids is 2. The van der Waals surface area contributed by atoms with E-state index in [1.807, 2.05) is 30.3 Å². The van der Waals surface area contributed by atoms with E-state index in [1.54, 1.807) is 18.2 Å². The highest BCUT2D eigenvalue weighted by Crippen LogP contribution is 2.38. The number of hydrogen-bond acceptors (Lipinski definition) is 3. The maximum absolute atomic E-state index is 12.5. The molecule has 1 unspecified atom stereocenters. The quantitative estimate of drug-likeness (QED) is 0.877. The smallest absolute Gasteiger partial charge is 0.325 e. The molecule has 1 aliphatic heterocycles. The maximum Gasteiger partial charge on any atom is 0.325 e. The zero-order valence-corrected chi connectivity index (χ0v) is 13.2. The molecule has 2 amide bonds. The van der Waals surface area contributed by atoms with E-state index in [4.69, 9.17) is 16.3 Å². The second kappa shape index (κ2) is 6.30. The minimum absolute atomic E-state index is 0.145. The zero-order chi connectivity index (χ0) is 16.4. The van der Waals surface area contributed by atoms with E-state index in [0.29, 0.717) is 10.7 Å². The standard InChI is InChI=1S/C17H15ClN2O3/c1-23-15(21)10-20-16(11-5-3-2-4-6-11)13-9-12(18)7-8-14(13)19-17(20)22/h2-9,16H,10H2,1H3,(H,19,22). The zero-order valence-electron chi connectivity index (χ0n) is 12.5. The van der Waals surface area contributed by atoms with E-state index in [9.17, 15) is 9.59 Å². The van der Waals surface area contributed by atoms with Gasteiger partial charge in [-0.15, -0.1) is 0 Å². The number of halogens is 1. The third-order valence-corrected chi connectivity index (χ3v) is 4.00. The fourth-order valence-electron chi connectivity index (χ4n) is 2.71. The molecule has 3 rings (SSSR count). The highest BCUT2D eigenvalue weighted by Gasteiger charge is 2.35. The van der Waals surface area contributed by atoms with Crippen LogP contribution in [0.2, 0.25) is 5.02 Å². The second-order valence-corrected chi connectivity index (χ2v) is 5.62. The van der Waals surface area contributed by atoms with Crippen LogP contribution >= 0.6 is 11.6 Å². The number of rotatable bonds is 3. The number of esters is 1. The minimum Gasteiger partial charge on any atom is -0.468 e. The molecule has 2 aromatic rings. The number of nitrogens with zero attached hydrogens (tertiary/aromatic N) is 1. The Hall–Kier alpha value is -2.53. The number of benzene rings is 2. The van der Waals surface area contributed by atoms with Crippen LogP contribution in [-0.4, -0.2) is 30.6 Å². The van der Waals surface area contributed by atoms with Gasteiger partial charge >= 0.3 is 12.0 Å². The Kier molecular flexibility index (Phi) is 4.21. The van der Waals surface area contributed by atoms with Crippen molar-refractivity contribution in [3.05, 3.63) is 64.7 Å². The SMILES string of the molecule is COC(=O)CN1C(=O)Nc2ccc(Cl)cc2C1c1ccccc1. The number of hydrogen-bond donors (Lipinski definition) is 1. The monoisotopic (exact) mass is 330 g/mol. The van der Waals surface area contributed by atoms with Gasteiger partial charge in [0.2, 0.25) is 0 Å². The predicted molar refractivity (Wildman–Crippen MR) is 87.5 cm³/mol. The summed E-state index contributed by atoms with van der Waals surface area (Å²) >= 11 is 6.12. The summed E-state index contributed by atoms with van der Waals surface area (Å²) in [6.45, 7) is -0.145. The lowest BCUT2D eigenvalue weighted by Crippen LogP contribution is -2.45. The van der Waals surface area contributed by atoms with Gasteiger partial charge in [-0.3, -0.25) is 4.79 Å². The predicted octanol–water partition coefficient (Wildman–Crippen LogP) is 3.45. The molecule has 1 heterocycles. The number of amides is 2. The van der Waals surface area contributed by atoms with Crippen LogP contribution < -0.4 is 5.32 Å².